The molecule has 0 amide bonds. The molecule has 1 aliphatic heterocycles. The van der Waals surface area contributed by atoms with Crippen molar-refractivity contribution in [1.29, 1.82) is 0 Å². The van der Waals surface area contributed by atoms with Crippen LogP contribution in [0.4, 0.5) is 0 Å². The highest BCUT2D eigenvalue weighted by atomic mass is 16.5. The van der Waals surface area contributed by atoms with Crippen LogP contribution in [-0.4, -0.2) is 56.3 Å². The van der Waals surface area contributed by atoms with Crippen LogP contribution < -0.4 is 10.6 Å². The molecule has 0 bridgehead atoms. The van der Waals surface area contributed by atoms with E-state index in [1.165, 1.54) is 5.56 Å². The van der Waals surface area contributed by atoms with Gasteiger partial charge in [-0.05, 0) is 24.6 Å². The second-order valence-corrected chi connectivity index (χ2v) is 6.78. The smallest absolute Gasteiger partial charge is 0.191 e. The van der Waals surface area contributed by atoms with Crippen molar-refractivity contribution in [2.24, 2.45) is 4.99 Å². The van der Waals surface area contributed by atoms with Gasteiger partial charge >= 0.3 is 0 Å². The Kier molecular flexibility index (Phi) is 7.74. The summed E-state index contributed by atoms with van der Waals surface area (Å²) in [6.07, 6.45) is 2.54. The molecular formula is C21H30N4O2. The molecule has 27 heavy (non-hydrogen) atoms. The third kappa shape index (κ3) is 6.73. The van der Waals surface area contributed by atoms with Crippen LogP contribution in [0.1, 0.15) is 18.2 Å². The minimum absolute atomic E-state index is 0.433. The first kappa shape index (κ1) is 19.5. The van der Waals surface area contributed by atoms with E-state index in [1.807, 2.05) is 30.3 Å². The van der Waals surface area contributed by atoms with Crippen LogP contribution in [0.2, 0.25) is 0 Å². The summed E-state index contributed by atoms with van der Waals surface area (Å²) in [5.74, 6) is 1.82. The van der Waals surface area contributed by atoms with Crippen molar-refractivity contribution in [2.75, 3.05) is 39.4 Å². The maximum absolute atomic E-state index is 5.44. The molecule has 0 radical (unpaired) electrons. The number of guanidine groups is 1. The number of aliphatic imine (C=N–C) groups is 1. The molecule has 1 fully saturated rings. The van der Waals surface area contributed by atoms with Crippen molar-refractivity contribution in [1.82, 2.24) is 15.5 Å². The number of benzene rings is 1. The van der Waals surface area contributed by atoms with Crippen molar-refractivity contribution >= 4 is 5.96 Å². The first-order valence-electron chi connectivity index (χ1n) is 9.71. The van der Waals surface area contributed by atoms with Crippen molar-refractivity contribution in [3.63, 3.8) is 0 Å². The minimum atomic E-state index is 0.433. The number of nitrogens with zero attached hydrogens (tertiary/aromatic N) is 2. The lowest BCUT2D eigenvalue weighted by Gasteiger charge is -2.32. The van der Waals surface area contributed by atoms with Gasteiger partial charge in [0.05, 0.1) is 26.0 Å². The van der Waals surface area contributed by atoms with Gasteiger partial charge in [-0.2, -0.15) is 0 Å². The van der Waals surface area contributed by atoms with Crippen LogP contribution in [0.25, 0.3) is 0 Å². The average molecular weight is 370 g/mol. The molecule has 2 N–H and O–H groups in total. The second-order valence-electron chi connectivity index (χ2n) is 6.78. The number of furan rings is 1. The van der Waals surface area contributed by atoms with Gasteiger partial charge in [-0.15, -0.1) is 0 Å². The standard InChI is InChI=1S/C21H30N4O2/c1-18(25-11-14-26-15-12-25)16-23-21(22-10-9-20-8-5-13-27-20)24-17-19-6-3-2-4-7-19/h2-8,13,18H,9-12,14-17H2,1H3,(H2,22,23,24). The number of hydrogen-bond donors (Lipinski definition) is 2. The van der Waals surface area contributed by atoms with Gasteiger partial charge in [0, 0.05) is 38.6 Å². The molecule has 6 heteroatoms. The molecule has 1 unspecified atom stereocenters. The summed E-state index contributed by atoms with van der Waals surface area (Å²) in [4.78, 5) is 7.20. The van der Waals surface area contributed by atoms with Gasteiger partial charge in [0.15, 0.2) is 5.96 Å². The number of ether oxygens (including phenoxy) is 1. The Morgan fingerprint density at radius 2 is 1.93 bits per heavy atom. The maximum atomic E-state index is 5.44. The molecule has 3 rings (SSSR count). The summed E-state index contributed by atoms with van der Waals surface area (Å²) in [6, 6.07) is 14.7. The first-order valence-corrected chi connectivity index (χ1v) is 9.71. The van der Waals surface area contributed by atoms with E-state index < -0.39 is 0 Å². The minimum Gasteiger partial charge on any atom is -0.469 e. The number of nitrogens with one attached hydrogen (secondary N) is 2. The monoisotopic (exact) mass is 370 g/mol. The predicted octanol–water partition coefficient (Wildman–Crippen LogP) is 2.28. The third-order valence-corrected chi connectivity index (χ3v) is 4.74. The molecule has 2 aromatic rings. The van der Waals surface area contributed by atoms with Gasteiger partial charge in [-0.3, -0.25) is 4.90 Å². The molecule has 6 nitrogen and oxygen atoms in total. The number of morpholine rings is 1. The van der Waals surface area contributed by atoms with Crippen molar-refractivity contribution < 1.29 is 9.15 Å². The molecule has 1 atom stereocenters. The molecule has 1 aromatic carbocycles. The first-order chi connectivity index (χ1) is 13.3. The fraction of sp³-hybridized carbons (Fsp3) is 0.476. The molecule has 1 aromatic heterocycles. The normalized spacial score (nSPS) is 16.9. The molecule has 1 saturated heterocycles. The maximum Gasteiger partial charge on any atom is 0.191 e. The summed E-state index contributed by atoms with van der Waals surface area (Å²) < 4.78 is 10.8. The summed E-state index contributed by atoms with van der Waals surface area (Å²) in [6.45, 7) is 8.15. The largest absolute Gasteiger partial charge is 0.469 e. The van der Waals surface area contributed by atoms with Crippen molar-refractivity contribution in [2.45, 2.75) is 25.9 Å². The van der Waals surface area contributed by atoms with Crippen molar-refractivity contribution in [3.8, 4) is 0 Å². The van der Waals surface area contributed by atoms with Gasteiger partial charge in [-0.1, -0.05) is 30.3 Å². The van der Waals surface area contributed by atoms with Crippen LogP contribution in [-0.2, 0) is 17.7 Å². The van der Waals surface area contributed by atoms with E-state index in [2.05, 4.69) is 34.6 Å². The van der Waals surface area contributed by atoms with E-state index in [0.29, 0.717) is 12.6 Å². The van der Waals surface area contributed by atoms with Gasteiger partial charge < -0.3 is 19.8 Å². The predicted molar refractivity (Wildman–Crippen MR) is 108 cm³/mol. The third-order valence-electron chi connectivity index (χ3n) is 4.74. The Morgan fingerprint density at radius 3 is 2.67 bits per heavy atom. The Hall–Kier alpha value is -2.31. The highest BCUT2D eigenvalue weighted by molar-refractivity contribution is 5.79. The van der Waals surface area contributed by atoms with E-state index in [4.69, 9.17) is 14.1 Å². The van der Waals surface area contributed by atoms with E-state index in [0.717, 1.165) is 57.5 Å². The Labute approximate surface area is 161 Å². The topological polar surface area (TPSA) is 62.0 Å². The molecule has 2 heterocycles. The van der Waals surface area contributed by atoms with E-state index >= 15 is 0 Å². The summed E-state index contributed by atoms with van der Waals surface area (Å²) >= 11 is 0. The summed E-state index contributed by atoms with van der Waals surface area (Å²) in [5.41, 5.74) is 1.20. The second kappa shape index (κ2) is 10.7. The van der Waals surface area contributed by atoms with Crippen LogP contribution in [0.5, 0.6) is 0 Å². The quantitative estimate of drug-likeness (QED) is 0.551. The van der Waals surface area contributed by atoms with E-state index in [-0.39, 0.29) is 0 Å². The van der Waals surface area contributed by atoms with E-state index in [1.54, 1.807) is 6.26 Å². The van der Waals surface area contributed by atoms with Crippen LogP contribution >= 0.6 is 0 Å². The summed E-state index contributed by atoms with van der Waals surface area (Å²) in [7, 11) is 0. The molecule has 1 aliphatic rings. The van der Waals surface area contributed by atoms with Crippen LogP contribution in [0.15, 0.2) is 58.1 Å². The molecule has 0 spiro atoms. The number of hydrogen-bond acceptors (Lipinski definition) is 4. The Balaban J connectivity index is 1.52. The molecular weight excluding hydrogens is 340 g/mol. The van der Waals surface area contributed by atoms with Crippen molar-refractivity contribution in [3.05, 3.63) is 60.1 Å². The number of rotatable bonds is 8. The molecule has 0 saturated carbocycles. The fourth-order valence-electron chi connectivity index (χ4n) is 3.08. The lowest BCUT2D eigenvalue weighted by molar-refractivity contribution is 0.0211. The van der Waals surface area contributed by atoms with Gasteiger partial charge in [-0.25, -0.2) is 4.99 Å². The fourth-order valence-corrected chi connectivity index (χ4v) is 3.08. The lowest BCUT2D eigenvalue weighted by Crippen LogP contribution is -2.49. The van der Waals surface area contributed by atoms with Gasteiger partial charge in [0.25, 0.3) is 0 Å². The Morgan fingerprint density at radius 1 is 1.11 bits per heavy atom. The van der Waals surface area contributed by atoms with Crippen LogP contribution in [0.3, 0.4) is 0 Å². The SMILES string of the molecule is CC(CNC(=NCc1ccccc1)NCCc1ccco1)N1CCOCC1. The molecule has 146 valence electrons. The van der Waals surface area contributed by atoms with Gasteiger partial charge in [0.2, 0.25) is 0 Å². The Bertz CT molecular complexity index is 667. The summed E-state index contributed by atoms with van der Waals surface area (Å²) in [5, 5.41) is 6.92. The average Bonchev–Trinajstić information content (AvgIpc) is 3.24. The zero-order valence-corrected chi connectivity index (χ0v) is 16.1. The zero-order valence-electron chi connectivity index (χ0n) is 16.1. The van der Waals surface area contributed by atoms with Crippen LogP contribution in [0, 0.1) is 0 Å². The lowest BCUT2D eigenvalue weighted by atomic mass is 10.2. The van der Waals surface area contributed by atoms with Gasteiger partial charge in [0.1, 0.15) is 5.76 Å². The van der Waals surface area contributed by atoms with E-state index in [9.17, 15) is 0 Å². The highest BCUT2D eigenvalue weighted by Crippen LogP contribution is 2.04. The zero-order chi connectivity index (χ0) is 18.7. The highest BCUT2D eigenvalue weighted by Gasteiger charge is 2.17. The molecule has 0 aliphatic carbocycles.